The monoisotopic (exact) mass is 264 g/mol. The highest BCUT2D eigenvalue weighted by molar-refractivity contribution is 7.12. The molecule has 0 spiro atoms. The highest BCUT2D eigenvalue weighted by Crippen LogP contribution is 2.30. The Hall–Kier alpha value is -1.36. The van der Waals surface area contributed by atoms with Gasteiger partial charge >= 0.3 is 0 Å². The maximum absolute atomic E-state index is 11.3. The van der Waals surface area contributed by atoms with Gasteiger partial charge in [0.2, 0.25) is 5.91 Å². The van der Waals surface area contributed by atoms with Crippen molar-refractivity contribution in [2.75, 3.05) is 18.0 Å². The maximum atomic E-state index is 11.3. The van der Waals surface area contributed by atoms with E-state index in [0.29, 0.717) is 18.4 Å². The first kappa shape index (κ1) is 11.7. The molecule has 0 radical (unpaired) electrons. The van der Waals surface area contributed by atoms with Gasteiger partial charge in [0, 0.05) is 36.6 Å². The number of anilines is 1. The van der Waals surface area contributed by atoms with Crippen molar-refractivity contribution in [1.82, 2.24) is 5.32 Å². The predicted molar refractivity (Wildman–Crippen MR) is 71.2 cm³/mol. The zero-order valence-electron chi connectivity index (χ0n) is 10.1. The van der Waals surface area contributed by atoms with Crippen molar-refractivity contribution in [3.8, 4) is 0 Å². The number of hydrogen-bond acceptors (Lipinski definition) is 4. The van der Waals surface area contributed by atoms with Crippen LogP contribution in [0.2, 0.25) is 0 Å². The minimum Gasteiger partial charge on any atom is -0.370 e. The first-order valence-corrected chi connectivity index (χ1v) is 7.22. The molecule has 3 heterocycles. The summed E-state index contributed by atoms with van der Waals surface area (Å²) < 4.78 is 0. The van der Waals surface area contributed by atoms with Crippen molar-refractivity contribution in [1.29, 1.82) is 0 Å². The Kier molecular flexibility index (Phi) is 3.07. The van der Waals surface area contributed by atoms with Crippen molar-refractivity contribution in [3.63, 3.8) is 0 Å². The molecule has 2 fully saturated rings. The van der Waals surface area contributed by atoms with E-state index < -0.39 is 0 Å². The predicted octanol–water partition coefficient (Wildman–Crippen LogP) is 1.67. The van der Waals surface area contributed by atoms with E-state index in [1.807, 2.05) is 11.4 Å². The number of rotatable bonds is 2. The normalized spacial score (nSPS) is 27.6. The van der Waals surface area contributed by atoms with Crippen LogP contribution in [-0.2, 0) is 4.79 Å². The highest BCUT2D eigenvalue weighted by atomic mass is 32.1. The van der Waals surface area contributed by atoms with Gasteiger partial charge in [0.15, 0.2) is 6.29 Å². The quantitative estimate of drug-likeness (QED) is 0.827. The molecule has 0 saturated carbocycles. The molecule has 1 aromatic rings. The van der Waals surface area contributed by atoms with Crippen LogP contribution in [0.1, 0.15) is 28.9 Å². The molecular formula is C13H16N2O2S. The second-order valence-corrected chi connectivity index (χ2v) is 5.98. The van der Waals surface area contributed by atoms with Crippen LogP contribution in [0.3, 0.4) is 0 Å². The summed E-state index contributed by atoms with van der Waals surface area (Å²) in [6, 6.07) is 2.31. The van der Waals surface area contributed by atoms with Gasteiger partial charge in [-0.05, 0) is 24.8 Å². The largest absolute Gasteiger partial charge is 0.370 e. The molecule has 2 atom stereocenters. The Labute approximate surface area is 110 Å². The Morgan fingerprint density at radius 3 is 3.11 bits per heavy atom. The summed E-state index contributed by atoms with van der Waals surface area (Å²) in [5.74, 6) is 0.750. The van der Waals surface area contributed by atoms with E-state index in [0.717, 1.165) is 42.8 Å². The van der Waals surface area contributed by atoms with Crippen molar-refractivity contribution in [2.24, 2.45) is 5.92 Å². The van der Waals surface area contributed by atoms with Gasteiger partial charge < -0.3 is 10.2 Å². The number of hydrogen-bond donors (Lipinski definition) is 1. The average Bonchev–Trinajstić information content (AvgIpc) is 2.87. The summed E-state index contributed by atoms with van der Waals surface area (Å²) in [6.45, 7) is 1.94. The molecule has 0 aliphatic carbocycles. The zero-order chi connectivity index (χ0) is 12.5. The molecule has 96 valence electrons. The van der Waals surface area contributed by atoms with E-state index in [-0.39, 0.29) is 5.91 Å². The van der Waals surface area contributed by atoms with E-state index in [4.69, 9.17) is 0 Å². The SMILES string of the molecule is O=Cc1cc(N2CCC3NC(=O)CCC3C2)cs1. The molecule has 2 saturated heterocycles. The molecule has 4 nitrogen and oxygen atoms in total. The van der Waals surface area contributed by atoms with Gasteiger partial charge in [-0.15, -0.1) is 11.3 Å². The van der Waals surface area contributed by atoms with Gasteiger partial charge in [-0.3, -0.25) is 9.59 Å². The minimum atomic E-state index is 0.198. The Balaban J connectivity index is 1.70. The molecule has 2 aliphatic heterocycles. The number of carbonyl (C=O) groups is 2. The Morgan fingerprint density at radius 1 is 1.44 bits per heavy atom. The van der Waals surface area contributed by atoms with Gasteiger partial charge in [-0.1, -0.05) is 0 Å². The number of carbonyl (C=O) groups excluding carboxylic acids is 2. The summed E-state index contributed by atoms with van der Waals surface area (Å²) >= 11 is 1.49. The second kappa shape index (κ2) is 4.72. The van der Waals surface area contributed by atoms with Crippen LogP contribution in [0.15, 0.2) is 11.4 Å². The standard InChI is InChI=1S/C13H16N2O2S/c16-7-11-5-10(8-18-11)15-4-3-12-9(6-15)1-2-13(17)14-12/h5,7-9,12H,1-4,6H2,(H,14,17). The van der Waals surface area contributed by atoms with Crippen molar-refractivity contribution in [3.05, 3.63) is 16.3 Å². The molecular weight excluding hydrogens is 248 g/mol. The lowest BCUT2D eigenvalue weighted by Gasteiger charge is -2.42. The molecule has 1 amide bonds. The summed E-state index contributed by atoms with van der Waals surface area (Å²) in [6.07, 6.45) is 3.54. The van der Waals surface area contributed by atoms with Gasteiger partial charge in [-0.2, -0.15) is 0 Å². The van der Waals surface area contributed by atoms with Crippen LogP contribution in [-0.4, -0.2) is 31.3 Å². The van der Waals surface area contributed by atoms with E-state index in [9.17, 15) is 9.59 Å². The molecule has 1 N–H and O–H groups in total. The van der Waals surface area contributed by atoms with E-state index in [1.165, 1.54) is 11.3 Å². The van der Waals surface area contributed by atoms with E-state index in [1.54, 1.807) is 0 Å². The van der Waals surface area contributed by atoms with Gasteiger partial charge in [0.25, 0.3) is 0 Å². The van der Waals surface area contributed by atoms with Crippen LogP contribution >= 0.6 is 11.3 Å². The van der Waals surface area contributed by atoms with Crippen LogP contribution < -0.4 is 10.2 Å². The topological polar surface area (TPSA) is 49.4 Å². The highest BCUT2D eigenvalue weighted by Gasteiger charge is 2.33. The first-order valence-electron chi connectivity index (χ1n) is 6.34. The van der Waals surface area contributed by atoms with Crippen LogP contribution in [0.25, 0.3) is 0 Å². The van der Waals surface area contributed by atoms with Crippen molar-refractivity contribution >= 4 is 29.2 Å². The summed E-state index contributed by atoms with van der Waals surface area (Å²) in [7, 11) is 0. The van der Waals surface area contributed by atoms with E-state index in [2.05, 4.69) is 10.2 Å². The van der Waals surface area contributed by atoms with Crippen LogP contribution in [0, 0.1) is 5.92 Å². The van der Waals surface area contributed by atoms with Gasteiger partial charge in [0.05, 0.1) is 4.88 Å². The fourth-order valence-electron chi connectivity index (χ4n) is 2.91. The third-order valence-corrected chi connectivity index (χ3v) is 4.76. The number of thiophene rings is 1. The average molecular weight is 264 g/mol. The Bertz CT molecular complexity index is 471. The number of nitrogens with zero attached hydrogens (tertiary/aromatic N) is 1. The fourth-order valence-corrected chi connectivity index (χ4v) is 3.63. The molecule has 2 aliphatic rings. The number of nitrogens with one attached hydrogen (secondary N) is 1. The zero-order valence-corrected chi connectivity index (χ0v) is 10.9. The smallest absolute Gasteiger partial charge is 0.220 e. The molecule has 2 unspecified atom stereocenters. The van der Waals surface area contributed by atoms with Gasteiger partial charge in [-0.25, -0.2) is 0 Å². The number of amides is 1. The molecule has 18 heavy (non-hydrogen) atoms. The molecule has 3 rings (SSSR count). The number of fused-ring (bicyclic) bond motifs is 1. The Morgan fingerprint density at radius 2 is 2.33 bits per heavy atom. The van der Waals surface area contributed by atoms with Crippen molar-refractivity contribution < 1.29 is 9.59 Å². The molecule has 1 aromatic heterocycles. The lowest BCUT2D eigenvalue weighted by atomic mass is 9.85. The number of piperidine rings is 2. The lowest BCUT2D eigenvalue weighted by molar-refractivity contribution is -0.124. The number of aldehydes is 1. The third kappa shape index (κ3) is 2.14. The van der Waals surface area contributed by atoms with Crippen LogP contribution in [0.4, 0.5) is 5.69 Å². The molecule has 0 aromatic carbocycles. The van der Waals surface area contributed by atoms with E-state index >= 15 is 0 Å². The van der Waals surface area contributed by atoms with Crippen LogP contribution in [0.5, 0.6) is 0 Å². The fraction of sp³-hybridized carbons (Fsp3) is 0.538. The summed E-state index contributed by atoms with van der Waals surface area (Å²) in [4.78, 5) is 25.2. The second-order valence-electron chi connectivity index (χ2n) is 5.03. The van der Waals surface area contributed by atoms with Crippen molar-refractivity contribution in [2.45, 2.75) is 25.3 Å². The van der Waals surface area contributed by atoms with Gasteiger partial charge in [0.1, 0.15) is 0 Å². The molecule has 5 heteroatoms. The summed E-state index contributed by atoms with van der Waals surface area (Å²) in [5, 5.41) is 5.13. The minimum absolute atomic E-state index is 0.198. The lowest BCUT2D eigenvalue weighted by Crippen LogP contribution is -2.54. The third-order valence-electron chi connectivity index (χ3n) is 3.91. The maximum Gasteiger partial charge on any atom is 0.220 e. The first-order chi connectivity index (χ1) is 8.76. The molecule has 0 bridgehead atoms. The summed E-state index contributed by atoms with van der Waals surface area (Å²) in [5.41, 5.74) is 1.15.